The molecule has 0 radical (unpaired) electrons. The topological polar surface area (TPSA) is 97.8 Å². The van der Waals surface area contributed by atoms with E-state index >= 15 is 0 Å². The number of benzene rings is 4. The second kappa shape index (κ2) is 14.9. The number of aromatic nitrogens is 1. The molecular formula is C36H31N3O5S3. The van der Waals surface area contributed by atoms with Crippen molar-refractivity contribution in [2.75, 3.05) is 6.61 Å². The molecule has 3 atom stereocenters. The summed E-state index contributed by atoms with van der Waals surface area (Å²) in [5.41, 5.74) is 2.91. The monoisotopic (exact) mass is 681 g/mol. The third-order valence-electron chi connectivity index (χ3n) is 7.41. The number of fused-ring (bicyclic) bond motifs is 1. The lowest BCUT2D eigenvalue weighted by Gasteiger charge is -2.49. The van der Waals surface area contributed by atoms with Crippen LogP contribution in [0.3, 0.4) is 0 Å². The number of carbonyl (C=O) groups excluding carboxylic acids is 3. The average Bonchev–Trinajstić information content (AvgIpc) is 3.52. The van der Waals surface area contributed by atoms with E-state index in [4.69, 9.17) is 14.5 Å². The van der Waals surface area contributed by atoms with Gasteiger partial charge in [0.25, 0.3) is 5.91 Å². The Morgan fingerprint density at radius 1 is 0.915 bits per heavy atom. The minimum absolute atomic E-state index is 0.266. The Morgan fingerprint density at radius 2 is 1.51 bits per heavy atom. The van der Waals surface area contributed by atoms with E-state index < -0.39 is 41.3 Å². The molecule has 0 unspecified atom stereocenters. The van der Waals surface area contributed by atoms with Gasteiger partial charge in [0.1, 0.15) is 17.2 Å². The highest BCUT2D eigenvalue weighted by Crippen LogP contribution is 2.45. The maximum absolute atomic E-state index is 14.0. The minimum atomic E-state index is -1.08. The van der Waals surface area contributed by atoms with Gasteiger partial charge in [-0.15, -0.1) is 11.3 Å². The Hall–Kier alpha value is -4.58. The van der Waals surface area contributed by atoms with E-state index in [1.165, 1.54) is 37.8 Å². The Kier molecular flexibility index (Phi) is 10.3. The van der Waals surface area contributed by atoms with Gasteiger partial charge in [0, 0.05) is 0 Å². The lowest BCUT2D eigenvalue weighted by Crippen LogP contribution is -2.73. The normalized spacial score (nSPS) is 16.4. The van der Waals surface area contributed by atoms with Gasteiger partial charge in [0.15, 0.2) is 23.1 Å². The highest BCUT2D eigenvalue weighted by Gasteiger charge is 2.54. The summed E-state index contributed by atoms with van der Waals surface area (Å²) in [5, 5.41) is 2.19. The van der Waals surface area contributed by atoms with Crippen LogP contribution in [0.5, 0.6) is 5.75 Å². The summed E-state index contributed by atoms with van der Waals surface area (Å²) in [4.78, 5) is 46.9. The molecule has 1 N–H and O–H groups in total. The van der Waals surface area contributed by atoms with Crippen LogP contribution in [-0.2, 0) is 19.1 Å². The average molecular weight is 682 g/mol. The van der Waals surface area contributed by atoms with Gasteiger partial charge in [0.05, 0.1) is 10.2 Å². The van der Waals surface area contributed by atoms with Crippen molar-refractivity contribution in [3.05, 3.63) is 139 Å². The highest BCUT2D eigenvalue weighted by molar-refractivity contribution is 8.77. The molecule has 2 amide bonds. The Morgan fingerprint density at radius 3 is 2.13 bits per heavy atom. The number of carbonyl (C=O) groups is 3. The molecular weight excluding hydrogens is 651 g/mol. The molecule has 238 valence electrons. The van der Waals surface area contributed by atoms with Gasteiger partial charge in [-0.3, -0.25) is 9.59 Å². The van der Waals surface area contributed by atoms with Crippen molar-refractivity contribution in [2.45, 2.75) is 34.8 Å². The summed E-state index contributed by atoms with van der Waals surface area (Å²) in [6.45, 7) is 5.50. The first kappa shape index (κ1) is 32.4. The van der Waals surface area contributed by atoms with Crippen molar-refractivity contribution in [1.29, 1.82) is 0 Å². The predicted octanol–water partition coefficient (Wildman–Crippen LogP) is 7.05. The van der Waals surface area contributed by atoms with Crippen LogP contribution in [0.2, 0.25) is 0 Å². The van der Waals surface area contributed by atoms with Gasteiger partial charge in [-0.25, -0.2) is 9.78 Å². The molecule has 4 aromatic carbocycles. The smallest absolute Gasteiger partial charge is 0.334 e. The van der Waals surface area contributed by atoms with Crippen LogP contribution >= 0.6 is 32.9 Å². The van der Waals surface area contributed by atoms with Crippen molar-refractivity contribution in [1.82, 2.24) is 15.2 Å². The molecule has 0 spiro atoms. The number of thiazole rings is 1. The number of ether oxygens (including phenoxy) is 2. The second-order valence-corrected chi connectivity index (χ2v) is 14.4. The third kappa shape index (κ3) is 7.54. The molecule has 6 rings (SSSR count). The lowest BCUT2D eigenvalue weighted by molar-refractivity contribution is -0.165. The summed E-state index contributed by atoms with van der Waals surface area (Å²) in [5.74, 6) is -0.944. The van der Waals surface area contributed by atoms with E-state index in [0.717, 1.165) is 25.7 Å². The molecule has 47 heavy (non-hydrogen) atoms. The minimum Gasteiger partial charge on any atom is -0.484 e. The zero-order valence-electron chi connectivity index (χ0n) is 25.4. The molecule has 0 aliphatic carbocycles. The van der Waals surface area contributed by atoms with E-state index in [0.29, 0.717) is 11.3 Å². The molecule has 11 heteroatoms. The van der Waals surface area contributed by atoms with Crippen molar-refractivity contribution in [3.63, 3.8) is 0 Å². The first-order chi connectivity index (χ1) is 22.9. The fraction of sp³-hybridized carbons (Fsp3) is 0.167. The Labute approximate surface area is 284 Å². The zero-order valence-corrected chi connectivity index (χ0v) is 27.8. The van der Waals surface area contributed by atoms with Gasteiger partial charge in [-0.2, -0.15) is 0 Å². The van der Waals surface area contributed by atoms with Gasteiger partial charge in [0.2, 0.25) is 5.91 Å². The highest BCUT2D eigenvalue weighted by atomic mass is 33.1. The summed E-state index contributed by atoms with van der Waals surface area (Å²) in [6.07, 6.45) is -0.697. The quantitative estimate of drug-likeness (QED) is 0.0612. The second-order valence-electron chi connectivity index (χ2n) is 10.8. The number of rotatable bonds is 13. The number of nitrogens with zero attached hydrogens (tertiary/aromatic N) is 2. The van der Waals surface area contributed by atoms with Crippen LogP contribution in [0.1, 0.15) is 24.2 Å². The lowest BCUT2D eigenvalue weighted by atomic mass is 9.98. The number of hydrogen-bond acceptors (Lipinski definition) is 9. The van der Waals surface area contributed by atoms with Gasteiger partial charge >= 0.3 is 5.97 Å². The molecule has 5 aromatic rings. The standard InChI is InChI=1S/C36H31N3O5S3/c1-23(2)31(35(42)44-32(24-14-6-3-7-15-24)25-16-8-4-9-17-25)39-33(41)30(38-29(40)22-43-26-18-10-5-11-19-26)34(39)46-47-36-37-27-20-12-13-21-28(27)45-36/h3-21,30-32,34H,1,22H2,2H3,(H,38,40)/t30-,31+,34-/m1/s1. The van der Waals surface area contributed by atoms with Crippen molar-refractivity contribution >= 4 is 60.9 Å². The van der Waals surface area contributed by atoms with Crippen LogP contribution < -0.4 is 10.1 Å². The maximum Gasteiger partial charge on any atom is 0.334 e. The summed E-state index contributed by atoms with van der Waals surface area (Å²) < 4.78 is 13.6. The van der Waals surface area contributed by atoms with Crippen LogP contribution in [0.4, 0.5) is 0 Å². The van der Waals surface area contributed by atoms with Crippen molar-refractivity contribution in [3.8, 4) is 5.75 Å². The summed E-state index contributed by atoms with van der Waals surface area (Å²) >= 11 is 1.53. The van der Waals surface area contributed by atoms with E-state index in [2.05, 4.69) is 11.9 Å². The van der Waals surface area contributed by atoms with E-state index in [1.807, 2.05) is 103 Å². The number of amides is 2. The van der Waals surface area contributed by atoms with Crippen molar-refractivity contribution in [2.24, 2.45) is 0 Å². The summed E-state index contributed by atoms with van der Waals surface area (Å²) in [7, 11) is 2.74. The number of β-lactam (4-membered cyclic amide) rings is 1. The van der Waals surface area contributed by atoms with Gasteiger partial charge in [-0.05, 0) is 58.7 Å². The molecule has 1 fully saturated rings. The van der Waals surface area contributed by atoms with Crippen LogP contribution in [-0.4, -0.2) is 51.7 Å². The van der Waals surface area contributed by atoms with Crippen LogP contribution in [0.25, 0.3) is 10.2 Å². The Bertz CT molecular complexity index is 1800. The number of nitrogens with one attached hydrogen (secondary N) is 1. The molecule has 1 aliphatic rings. The van der Waals surface area contributed by atoms with E-state index in [9.17, 15) is 14.4 Å². The fourth-order valence-corrected chi connectivity index (χ4v) is 9.13. The number of hydrogen-bond donors (Lipinski definition) is 1. The van der Waals surface area contributed by atoms with Crippen molar-refractivity contribution < 1.29 is 23.9 Å². The zero-order chi connectivity index (χ0) is 32.8. The molecule has 1 aliphatic heterocycles. The Balaban J connectivity index is 1.23. The fourth-order valence-electron chi connectivity index (χ4n) is 5.17. The summed E-state index contributed by atoms with van der Waals surface area (Å²) in [6, 6.07) is 33.7. The predicted molar refractivity (Wildman–Crippen MR) is 187 cm³/mol. The van der Waals surface area contributed by atoms with Crippen LogP contribution in [0.15, 0.2) is 132 Å². The molecule has 0 saturated carbocycles. The SMILES string of the molecule is C=C(C)[C@@H](C(=O)OC(c1ccccc1)c1ccccc1)N1C(=O)[C@@H](NC(=O)COc2ccccc2)[C@H]1SSc1nc2ccccc2s1. The first-order valence-corrected chi connectivity index (χ1v) is 17.9. The molecule has 0 bridgehead atoms. The largest absolute Gasteiger partial charge is 0.484 e. The van der Waals surface area contributed by atoms with Gasteiger partial charge < -0.3 is 19.7 Å². The number of para-hydroxylation sites is 2. The van der Waals surface area contributed by atoms with E-state index in [1.54, 1.807) is 19.1 Å². The maximum atomic E-state index is 14.0. The molecule has 1 saturated heterocycles. The van der Waals surface area contributed by atoms with Gasteiger partial charge in [-0.1, -0.05) is 108 Å². The third-order valence-corrected chi connectivity index (χ3v) is 11.4. The number of esters is 1. The van der Waals surface area contributed by atoms with Crippen LogP contribution in [0, 0.1) is 0 Å². The molecule has 8 nitrogen and oxygen atoms in total. The number of likely N-dealkylation sites (tertiary alicyclic amines) is 1. The molecule has 1 aromatic heterocycles. The first-order valence-electron chi connectivity index (χ1n) is 14.8. The van der Waals surface area contributed by atoms with E-state index in [-0.39, 0.29) is 6.61 Å². The molecule has 2 heterocycles.